The van der Waals surface area contributed by atoms with Crippen LogP contribution in [0.2, 0.25) is 0 Å². The molecule has 18 heavy (non-hydrogen) atoms. The summed E-state index contributed by atoms with van der Waals surface area (Å²) in [4.78, 5) is 0. The highest BCUT2D eigenvalue weighted by Gasteiger charge is 2.17. The van der Waals surface area contributed by atoms with E-state index in [1.165, 1.54) is 0 Å². The third kappa shape index (κ3) is 4.03. The van der Waals surface area contributed by atoms with E-state index in [0.717, 1.165) is 16.7 Å². The fourth-order valence-corrected chi connectivity index (χ4v) is 2.59. The zero-order valence-corrected chi connectivity index (χ0v) is 13.1. The number of hydrogen-bond donors (Lipinski definition) is 1. The smallest absolute Gasteiger partial charge is 0.101 e. The third-order valence-electron chi connectivity index (χ3n) is 3.34. The van der Waals surface area contributed by atoms with Gasteiger partial charge in [-0.05, 0) is 36.0 Å². The molecule has 1 aromatic rings. The summed E-state index contributed by atoms with van der Waals surface area (Å²) < 4.78 is 0.939. The molecule has 0 saturated carbocycles. The minimum absolute atomic E-state index is 0.611. The number of hydrogen-bond acceptors (Lipinski definition) is 2. The van der Waals surface area contributed by atoms with E-state index in [1.54, 1.807) is 0 Å². The molecule has 0 aromatic heterocycles. The van der Waals surface area contributed by atoms with E-state index >= 15 is 0 Å². The van der Waals surface area contributed by atoms with Gasteiger partial charge in [0.15, 0.2) is 0 Å². The molecule has 0 heterocycles. The van der Waals surface area contributed by atoms with Crippen LogP contribution >= 0.6 is 15.9 Å². The van der Waals surface area contributed by atoms with Crippen LogP contribution in [0.3, 0.4) is 0 Å². The fourth-order valence-electron chi connectivity index (χ4n) is 2.23. The molecule has 0 saturated heterocycles. The summed E-state index contributed by atoms with van der Waals surface area (Å²) in [5.74, 6) is 1.89. The van der Waals surface area contributed by atoms with Gasteiger partial charge in [-0.25, -0.2) is 0 Å². The van der Waals surface area contributed by atoms with Crippen molar-refractivity contribution in [2.45, 2.75) is 27.7 Å². The first kappa shape index (κ1) is 15.0. The van der Waals surface area contributed by atoms with Crippen LogP contribution in [0.25, 0.3) is 0 Å². The van der Waals surface area contributed by atoms with E-state index in [-0.39, 0.29) is 0 Å². The minimum Gasteiger partial charge on any atom is -0.384 e. The Morgan fingerprint density at radius 3 is 2.33 bits per heavy atom. The molecule has 3 heteroatoms. The first-order valence-corrected chi connectivity index (χ1v) is 7.18. The largest absolute Gasteiger partial charge is 0.384 e. The molecule has 98 valence electrons. The molecule has 0 radical (unpaired) electrons. The predicted molar refractivity (Wildman–Crippen MR) is 80.5 cm³/mol. The van der Waals surface area contributed by atoms with Crippen LogP contribution in [-0.4, -0.2) is 6.54 Å². The number of nitrogens with zero attached hydrogens (tertiary/aromatic N) is 1. The number of rotatable bonds is 5. The molecule has 2 nitrogen and oxygen atoms in total. The van der Waals surface area contributed by atoms with Gasteiger partial charge in [0.05, 0.1) is 11.3 Å². The van der Waals surface area contributed by atoms with Crippen molar-refractivity contribution < 1.29 is 0 Å². The molecule has 0 unspecified atom stereocenters. The van der Waals surface area contributed by atoms with Gasteiger partial charge in [-0.3, -0.25) is 0 Å². The second kappa shape index (κ2) is 6.80. The predicted octanol–water partition coefficient (Wildman–Crippen LogP) is 4.66. The molecule has 0 aliphatic heterocycles. The molecule has 0 atom stereocenters. The maximum atomic E-state index is 9.12. The van der Waals surface area contributed by atoms with Crippen LogP contribution < -0.4 is 5.32 Å². The lowest BCUT2D eigenvalue weighted by molar-refractivity contribution is 0.304. The Bertz CT molecular complexity index is 425. The normalized spacial score (nSPS) is 11.1. The van der Waals surface area contributed by atoms with Crippen molar-refractivity contribution in [1.29, 1.82) is 5.26 Å². The number of benzene rings is 1. The van der Waals surface area contributed by atoms with Gasteiger partial charge >= 0.3 is 0 Å². The van der Waals surface area contributed by atoms with Crippen molar-refractivity contribution in [2.24, 2.45) is 17.8 Å². The van der Waals surface area contributed by atoms with Gasteiger partial charge in [0.1, 0.15) is 6.07 Å². The molecule has 1 N–H and O–H groups in total. The minimum atomic E-state index is 0.611. The Kier molecular flexibility index (Phi) is 5.68. The molecule has 1 aromatic carbocycles. The number of anilines is 1. The lowest BCUT2D eigenvalue weighted by atomic mass is 9.85. The van der Waals surface area contributed by atoms with Crippen LogP contribution in [0.5, 0.6) is 0 Å². The van der Waals surface area contributed by atoms with E-state index in [2.05, 4.69) is 55.0 Å². The van der Waals surface area contributed by atoms with Gasteiger partial charge in [0.25, 0.3) is 0 Å². The van der Waals surface area contributed by atoms with Gasteiger partial charge < -0.3 is 5.32 Å². The molecular formula is C15H21BrN2. The Hall–Kier alpha value is -1.01. The molecule has 0 amide bonds. The summed E-state index contributed by atoms with van der Waals surface area (Å²) in [7, 11) is 0. The number of nitrogens with one attached hydrogen (secondary N) is 1. The van der Waals surface area contributed by atoms with Crippen LogP contribution in [0, 0.1) is 29.1 Å². The maximum absolute atomic E-state index is 9.12. The zero-order valence-electron chi connectivity index (χ0n) is 11.5. The molecule has 0 spiro atoms. The Balaban J connectivity index is 2.77. The van der Waals surface area contributed by atoms with E-state index in [1.807, 2.05) is 18.2 Å². The second-order valence-electron chi connectivity index (χ2n) is 5.33. The van der Waals surface area contributed by atoms with E-state index < -0.39 is 0 Å². The SMILES string of the molecule is CC(C)C(CNc1ccc(Br)cc1C#N)C(C)C. The van der Waals surface area contributed by atoms with Crippen molar-refractivity contribution in [3.8, 4) is 6.07 Å². The van der Waals surface area contributed by atoms with Crippen molar-refractivity contribution in [2.75, 3.05) is 11.9 Å². The summed E-state index contributed by atoms with van der Waals surface area (Å²) in [6.07, 6.45) is 0. The first-order valence-electron chi connectivity index (χ1n) is 6.39. The molecule has 0 aliphatic rings. The van der Waals surface area contributed by atoms with Gasteiger partial charge in [-0.2, -0.15) is 5.26 Å². The first-order chi connectivity index (χ1) is 8.45. The van der Waals surface area contributed by atoms with Gasteiger partial charge in [-0.15, -0.1) is 0 Å². The Morgan fingerprint density at radius 2 is 1.83 bits per heavy atom. The quantitative estimate of drug-likeness (QED) is 0.858. The number of halogens is 1. The molecule has 0 fully saturated rings. The molecule has 0 bridgehead atoms. The zero-order chi connectivity index (χ0) is 13.7. The standard InChI is InChI=1S/C15H21BrN2/c1-10(2)14(11(3)4)9-18-15-6-5-13(16)7-12(15)8-17/h5-7,10-11,14,18H,9H2,1-4H3. The van der Waals surface area contributed by atoms with Crippen LogP contribution in [-0.2, 0) is 0 Å². The van der Waals surface area contributed by atoms with E-state index in [0.29, 0.717) is 23.3 Å². The van der Waals surface area contributed by atoms with Gasteiger partial charge in [0.2, 0.25) is 0 Å². The lowest BCUT2D eigenvalue weighted by Gasteiger charge is -2.25. The molecule has 1 rings (SSSR count). The van der Waals surface area contributed by atoms with Gasteiger partial charge in [0, 0.05) is 11.0 Å². The van der Waals surface area contributed by atoms with Crippen LogP contribution in [0.1, 0.15) is 33.3 Å². The lowest BCUT2D eigenvalue weighted by Crippen LogP contribution is -2.24. The van der Waals surface area contributed by atoms with Crippen LogP contribution in [0.4, 0.5) is 5.69 Å². The average molecular weight is 309 g/mol. The Morgan fingerprint density at radius 1 is 1.22 bits per heavy atom. The van der Waals surface area contributed by atoms with Crippen LogP contribution in [0.15, 0.2) is 22.7 Å². The maximum Gasteiger partial charge on any atom is 0.101 e. The van der Waals surface area contributed by atoms with Gasteiger partial charge in [-0.1, -0.05) is 43.6 Å². The van der Waals surface area contributed by atoms with Crippen molar-refractivity contribution in [1.82, 2.24) is 0 Å². The monoisotopic (exact) mass is 308 g/mol. The topological polar surface area (TPSA) is 35.8 Å². The summed E-state index contributed by atoms with van der Waals surface area (Å²) in [6.45, 7) is 9.90. The molecular weight excluding hydrogens is 288 g/mol. The average Bonchev–Trinajstić information content (AvgIpc) is 2.30. The van der Waals surface area contributed by atoms with Crippen molar-refractivity contribution >= 4 is 21.6 Å². The second-order valence-corrected chi connectivity index (χ2v) is 6.25. The highest BCUT2D eigenvalue weighted by molar-refractivity contribution is 9.10. The Labute approximate surface area is 119 Å². The summed E-state index contributed by atoms with van der Waals surface area (Å²) >= 11 is 3.38. The number of nitriles is 1. The summed E-state index contributed by atoms with van der Waals surface area (Å²) in [5.41, 5.74) is 1.61. The van der Waals surface area contributed by atoms with Crippen molar-refractivity contribution in [3.05, 3.63) is 28.2 Å². The highest BCUT2D eigenvalue weighted by atomic mass is 79.9. The summed E-state index contributed by atoms with van der Waals surface area (Å²) in [5, 5.41) is 12.5. The fraction of sp³-hybridized carbons (Fsp3) is 0.533. The third-order valence-corrected chi connectivity index (χ3v) is 3.84. The van der Waals surface area contributed by atoms with Crippen molar-refractivity contribution in [3.63, 3.8) is 0 Å². The summed E-state index contributed by atoms with van der Waals surface area (Å²) in [6, 6.07) is 8.00. The van der Waals surface area contributed by atoms with E-state index in [9.17, 15) is 0 Å². The van der Waals surface area contributed by atoms with E-state index in [4.69, 9.17) is 5.26 Å². The highest BCUT2D eigenvalue weighted by Crippen LogP contribution is 2.24. The molecule has 0 aliphatic carbocycles.